The van der Waals surface area contributed by atoms with E-state index >= 15 is 0 Å². The van der Waals surface area contributed by atoms with E-state index in [4.69, 9.17) is 0 Å². The highest BCUT2D eigenvalue weighted by molar-refractivity contribution is 7.25. The smallest absolute Gasteiger partial charge is 0.0726 e. The Bertz CT molecular complexity index is 4200. The van der Waals surface area contributed by atoms with E-state index in [0.29, 0.717) is 0 Å². The van der Waals surface area contributed by atoms with Gasteiger partial charge < -0.3 is 9.47 Å². The van der Waals surface area contributed by atoms with Gasteiger partial charge in [-0.2, -0.15) is 0 Å². The largest absolute Gasteiger partial charge is 0.310 e. The zero-order valence-corrected chi connectivity index (χ0v) is 36.6. The lowest BCUT2D eigenvalue weighted by Gasteiger charge is -2.40. The van der Waals surface area contributed by atoms with Crippen LogP contribution in [-0.4, -0.2) is 4.57 Å². The van der Waals surface area contributed by atoms with Crippen LogP contribution in [0.2, 0.25) is 0 Å². The molecule has 2 aliphatic carbocycles. The normalized spacial score (nSPS) is 14.7. The summed E-state index contributed by atoms with van der Waals surface area (Å²) < 4.78 is 5.08. The Morgan fingerprint density at radius 2 is 0.894 bits per heavy atom. The van der Waals surface area contributed by atoms with Crippen LogP contribution in [0.1, 0.15) is 22.3 Å². The van der Waals surface area contributed by atoms with Crippen molar-refractivity contribution in [3.05, 3.63) is 253 Å². The van der Waals surface area contributed by atoms with Crippen LogP contribution < -0.4 is 4.90 Å². The average molecular weight is 855 g/mol. The predicted octanol–water partition coefficient (Wildman–Crippen LogP) is 17.3. The van der Waals surface area contributed by atoms with Crippen LogP contribution in [-0.2, 0) is 5.41 Å². The molecule has 13 aromatic rings. The first kappa shape index (κ1) is 36.1. The van der Waals surface area contributed by atoms with Gasteiger partial charge >= 0.3 is 0 Å². The Labute approximate surface area is 385 Å². The van der Waals surface area contributed by atoms with Crippen molar-refractivity contribution in [1.82, 2.24) is 4.57 Å². The first-order chi connectivity index (χ1) is 32.7. The summed E-state index contributed by atoms with van der Waals surface area (Å²) in [5, 5.41) is 10.1. The summed E-state index contributed by atoms with van der Waals surface area (Å²) in [6.07, 6.45) is 0. The molecule has 66 heavy (non-hydrogen) atoms. The molecular formula is C63H38N2S. The number of hydrogen-bond donors (Lipinski definition) is 0. The van der Waals surface area contributed by atoms with Gasteiger partial charge in [0.2, 0.25) is 0 Å². The van der Waals surface area contributed by atoms with Gasteiger partial charge in [-0.05, 0) is 121 Å². The maximum atomic E-state index is 2.53. The SMILES string of the molecule is c1ccc2c(c1)-c1ccc(N(c3ccc4sc5ccccc5c4c3)c3ccc4c5ccccc5n(-c5cccc6ccccc56)c4c3)cc1C21c2ccccc2-c2cccc3cccc1c23. The van der Waals surface area contributed by atoms with Crippen molar-refractivity contribution < 1.29 is 0 Å². The van der Waals surface area contributed by atoms with Crippen LogP contribution in [0.5, 0.6) is 0 Å². The molecule has 0 N–H and O–H groups in total. The molecule has 0 radical (unpaired) electrons. The van der Waals surface area contributed by atoms with Crippen molar-refractivity contribution in [2.24, 2.45) is 0 Å². The third kappa shape index (κ3) is 4.74. The monoisotopic (exact) mass is 854 g/mol. The fourth-order valence-corrected chi connectivity index (χ4v) is 13.2. The summed E-state index contributed by atoms with van der Waals surface area (Å²) in [4.78, 5) is 2.51. The number of hydrogen-bond acceptors (Lipinski definition) is 2. The second-order valence-electron chi connectivity index (χ2n) is 17.9. The molecule has 0 saturated carbocycles. The van der Waals surface area contributed by atoms with Crippen molar-refractivity contribution in [3.63, 3.8) is 0 Å². The molecule has 2 heterocycles. The number of fused-ring (bicyclic) bond motifs is 16. The van der Waals surface area contributed by atoms with E-state index in [0.717, 1.165) is 17.1 Å². The van der Waals surface area contributed by atoms with Gasteiger partial charge in [-0.3, -0.25) is 0 Å². The molecule has 2 aromatic heterocycles. The summed E-state index contributed by atoms with van der Waals surface area (Å²) in [5.74, 6) is 0. The fraction of sp³-hybridized carbons (Fsp3) is 0.0159. The van der Waals surface area contributed by atoms with Gasteiger partial charge in [0.25, 0.3) is 0 Å². The number of thiophene rings is 1. The van der Waals surface area contributed by atoms with Crippen molar-refractivity contribution in [2.75, 3.05) is 4.90 Å². The average Bonchev–Trinajstić information content (AvgIpc) is 4.01. The van der Waals surface area contributed by atoms with E-state index in [9.17, 15) is 0 Å². The van der Waals surface area contributed by atoms with E-state index in [1.54, 1.807) is 0 Å². The molecule has 1 atom stereocenters. The van der Waals surface area contributed by atoms with E-state index in [-0.39, 0.29) is 0 Å². The highest BCUT2D eigenvalue weighted by atomic mass is 32.1. The molecule has 0 saturated heterocycles. The first-order valence-electron chi connectivity index (χ1n) is 22.8. The predicted molar refractivity (Wildman–Crippen MR) is 280 cm³/mol. The lowest BCUT2D eigenvalue weighted by atomic mass is 9.61. The molecule has 0 fully saturated rings. The van der Waals surface area contributed by atoms with Crippen molar-refractivity contribution in [1.29, 1.82) is 0 Å². The van der Waals surface area contributed by atoms with Gasteiger partial charge in [-0.1, -0.05) is 170 Å². The zero-order valence-electron chi connectivity index (χ0n) is 35.7. The number of rotatable bonds is 4. The zero-order chi connectivity index (χ0) is 43.1. The molecule has 15 rings (SSSR count). The van der Waals surface area contributed by atoms with Crippen LogP contribution >= 0.6 is 11.3 Å². The molecule has 1 unspecified atom stereocenters. The Kier molecular flexibility index (Phi) is 7.34. The molecule has 0 bridgehead atoms. The van der Waals surface area contributed by atoms with Crippen LogP contribution in [0.3, 0.4) is 0 Å². The summed E-state index contributed by atoms with van der Waals surface area (Å²) in [6.45, 7) is 0. The van der Waals surface area contributed by atoms with E-state index in [1.165, 1.54) is 114 Å². The van der Waals surface area contributed by atoms with E-state index in [2.05, 4.69) is 240 Å². The second-order valence-corrected chi connectivity index (χ2v) is 19.0. The van der Waals surface area contributed by atoms with Crippen molar-refractivity contribution in [3.8, 4) is 27.9 Å². The highest BCUT2D eigenvalue weighted by Gasteiger charge is 2.50. The third-order valence-corrected chi connectivity index (χ3v) is 15.9. The number of para-hydroxylation sites is 1. The van der Waals surface area contributed by atoms with Crippen LogP contribution in [0.25, 0.3) is 91.5 Å². The molecule has 0 amide bonds. The van der Waals surface area contributed by atoms with Crippen molar-refractivity contribution in [2.45, 2.75) is 5.41 Å². The molecule has 2 aliphatic rings. The minimum atomic E-state index is -0.531. The van der Waals surface area contributed by atoms with E-state index < -0.39 is 5.41 Å². The summed E-state index contributed by atoms with van der Waals surface area (Å²) in [7, 11) is 0. The quantitative estimate of drug-likeness (QED) is 0.171. The number of benzene rings is 11. The lowest BCUT2D eigenvalue weighted by Crippen LogP contribution is -2.32. The Morgan fingerprint density at radius 1 is 0.333 bits per heavy atom. The molecule has 306 valence electrons. The fourth-order valence-electron chi connectivity index (χ4n) is 12.1. The maximum absolute atomic E-state index is 2.53. The van der Waals surface area contributed by atoms with Crippen molar-refractivity contribution >= 4 is 91.9 Å². The number of nitrogens with zero attached hydrogens (tertiary/aromatic N) is 2. The standard InChI is InChI=1S/C63H38N2S/c1-2-18-44-39(14-1)15-13-28-57(44)65-58-27-9-5-21-48(58)49-34-31-43(38-59(49)65)64(41-32-35-61-52(36-41)50-22-6-10-29-60(50)66-61)42-30-33-47-45-19-3-7-24-53(45)63(56(47)37-42)54-25-8-4-20-46(54)51-23-11-16-40-17-12-26-55(63)62(40)51/h1-38H. The Morgan fingerprint density at radius 3 is 1.77 bits per heavy atom. The van der Waals surface area contributed by atoms with E-state index in [1.807, 2.05) is 11.3 Å². The van der Waals surface area contributed by atoms with Gasteiger partial charge in [-0.15, -0.1) is 11.3 Å². The van der Waals surface area contributed by atoms with Crippen LogP contribution in [0.15, 0.2) is 231 Å². The molecular weight excluding hydrogens is 817 g/mol. The van der Waals surface area contributed by atoms with Gasteiger partial charge in [0, 0.05) is 53.4 Å². The Hall–Kier alpha value is -8.24. The Balaban J connectivity index is 1.04. The van der Waals surface area contributed by atoms with Gasteiger partial charge in [0.1, 0.15) is 0 Å². The lowest BCUT2D eigenvalue weighted by molar-refractivity contribution is 0.773. The first-order valence-corrected chi connectivity index (χ1v) is 23.6. The summed E-state index contributed by atoms with van der Waals surface area (Å²) in [5.41, 5.74) is 16.9. The molecule has 3 heteroatoms. The maximum Gasteiger partial charge on any atom is 0.0726 e. The summed E-state index contributed by atoms with van der Waals surface area (Å²) in [6, 6.07) is 86.6. The second kappa shape index (κ2) is 13.4. The molecule has 2 nitrogen and oxygen atoms in total. The topological polar surface area (TPSA) is 8.17 Å². The summed E-state index contributed by atoms with van der Waals surface area (Å²) >= 11 is 1.87. The molecule has 11 aromatic carbocycles. The highest BCUT2D eigenvalue weighted by Crippen LogP contribution is 2.62. The van der Waals surface area contributed by atoms with Gasteiger partial charge in [-0.25, -0.2) is 0 Å². The van der Waals surface area contributed by atoms with Crippen LogP contribution in [0, 0.1) is 0 Å². The molecule has 1 spiro atoms. The van der Waals surface area contributed by atoms with Gasteiger partial charge in [0.05, 0.1) is 22.1 Å². The minimum absolute atomic E-state index is 0.531. The number of aromatic nitrogens is 1. The van der Waals surface area contributed by atoms with Gasteiger partial charge in [0.15, 0.2) is 0 Å². The third-order valence-electron chi connectivity index (χ3n) is 14.8. The minimum Gasteiger partial charge on any atom is -0.310 e. The molecule has 0 aliphatic heterocycles. The number of anilines is 3. The van der Waals surface area contributed by atoms with Crippen LogP contribution in [0.4, 0.5) is 17.1 Å².